The quantitative estimate of drug-likeness (QED) is 0.742. The van der Waals surface area contributed by atoms with Gasteiger partial charge in [0.15, 0.2) is 0 Å². The number of aromatic carboxylic acids is 1. The van der Waals surface area contributed by atoms with Crippen LogP contribution in [0.3, 0.4) is 0 Å². The molecule has 19 heavy (non-hydrogen) atoms. The standard InChI is InChI=1S/C13H16N2O4/c1-7-4-8(2-3-9(7)13(17)18)15-12(16)10-5-19-6-11(10)14/h2-4,10-11H,5-6,14H2,1H3,(H,15,16)(H,17,18). The van der Waals surface area contributed by atoms with Gasteiger partial charge in [-0.15, -0.1) is 0 Å². The van der Waals surface area contributed by atoms with Gasteiger partial charge < -0.3 is 20.9 Å². The molecule has 6 nitrogen and oxygen atoms in total. The number of amides is 1. The SMILES string of the molecule is Cc1cc(NC(=O)C2COCC2N)ccc1C(=O)O. The van der Waals surface area contributed by atoms with E-state index < -0.39 is 5.97 Å². The number of ether oxygens (including phenoxy) is 1. The van der Waals surface area contributed by atoms with Gasteiger partial charge in [-0.3, -0.25) is 4.79 Å². The van der Waals surface area contributed by atoms with Crippen LogP contribution in [0.4, 0.5) is 5.69 Å². The molecule has 2 unspecified atom stereocenters. The van der Waals surface area contributed by atoms with Crippen LogP contribution in [0.25, 0.3) is 0 Å². The molecule has 1 aromatic rings. The maximum absolute atomic E-state index is 12.0. The van der Waals surface area contributed by atoms with E-state index >= 15 is 0 Å². The zero-order valence-electron chi connectivity index (χ0n) is 10.6. The molecule has 4 N–H and O–H groups in total. The lowest BCUT2D eigenvalue weighted by molar-refractivity contribution is -0.120. The van der Waals surface area contributed by atoms with Gasteiger partial charge in [0.05, 0.1) is 24.7 Å². The van der Waals surface area contributed by atoms with Gasteiger partial charge in [0.1, 0.15) is 0 Å². The first-order chi connectivity index (χ1) is 8.99. The highest BCUT2D eigenvalue weighted by Crippen LogP contribution is 2.18. The first kappa shape index (κ1) is 13.5. The smallest absolute Gasteiger partial charge is 0.335 e. The molecule has 0 spiro atoms. The second kappa shape index (κ2) is 5.38. The minimum Gasteiger partial charge on any atom is -0.478 e. The summed E-state index contributed by atoms with van der Waals surface area (Å²) in [5.74, 6) is -1.55. The Balaban J connectivity index is 2.09. The molecule has 2 rings (SSSR count). The molecular formula is C13H16N2O4. The summed E-state index contributed by atoms with van der Waals surface area (Å²) in [5, 5.41) is 11.7. The van der Waals surface area contributed by atoms with Crippen molar-refractivity contribution in [3.8, 4) is 0 Å². The number of carbonyl (C=O) groups is 2. The minimum atomic E-state index is -0.985. The molecule has 102 valence electrons. The summed E-state index contributed by atoms with van der Waals surface area (Å²) in [5.41, 5.74) is 7.14. The maximum atomic E-state index is 12.0. The number of benzene rings is 1. The molecule has 0 aromatic heterocycles. The molecule has 1 amide bonds. The van der Waals surface area contributed by atoms with E-state index in [0.717, 1.165) is 0 Å². The molecule has 1 aromatic carbocycles. The monoisotopic (exact) mass is 264 g/mol. The van der Waals surface area contributed by atoms with Crippen LogP contribution < -0.4 is 11.1 Å². The average Bonchev–Trinajstić information content (AvgIpc) is 2.75. The van der Waals surface area contributed by atoms with Crippen LogP contribution in [0.1, 0.15) is 15.9 Å². The van der Waals surface area contributed by atoms with Crippen LogP contribution in [0.15, 0.2) is 18.2 Å². The van der Waals surface area contributed by atoms with E-state index in [4.69, 9.17) is 15.6 Å². The first-order valence-electron chi connectivity index (χ1n) is 5.97. The fourth-order valence-electron chi connectivity index (χ4n) is 2.06. The van der Waals surface area contributed by atoms with Crippen LogP contribution in [-0.4, -0.2) is 36.2 Å². The van der Waals surface area contributed by atoms with Crippen molar-refractivity contribution in [2.75, 3.05) is 18.5 Å². The number of anilines is 1. The normalized spacial score (nSPS) is 22.2. The fourth-order valence-corrected chi connectivity index (χ4v) is 2.06. The summed E-state index contributed by atoms with van der Waals surface area (Å²) in [4.78, 5) is 22.9. The summed E-state index contributed by atoms with van der Waals surface area (Å²) in [6, 6.07) is 4.37. The highest BCUT2D eigenvalue weighted by molar-refractivity contribution is 5.95. The Bertz CT molecular complexity index is 515. The Labute approximate surface area is 110 Å². The van der Waals surface area contributed by atoms with Gasteiger partial charge >= 0.3 is 5.97 Å². The van der Waals surface area contributed by atoms with Crippen molar-refractivity contribution < 1.29 is 19.4 Å². The van der Waals surface area contributed by atoms with E-state index in [1.54, 1.807) is 19.1 Å². The third-order valence-corrected chi connectivity index (χ3v) is 3.19. The number of rotatable bonds is 3. The zero-order valence-corrected chi connectivity index (χ0v) is 10.6. The summed E-state index contributed by atoms with van der Waals surface area (Å²) in [7, 11) is 0. The average molecular weight is 264 g/mol. The van der Waals surface area contributed by atoms with Gasteiger partial charge in [-0.1, -0.05) is 0 Å². The van der Waals surface area contributed by atoms with Crippen molar-refractivity contribution >= 4 is 17.6 Å². The Morgan fingerprint density at radius 3 is 2.68 bits per heavy atom. The van der Waals surface area contributed by atoms with E-state index in [1.807, 2.05) is 0 Å². The van der Waals surface area contributed by atoms with E-state index in [-0.39, 0.29) is 23.4 Å². The summed E-state index contributed by atoms with van der Waals surface area (Å²) in [6.45, 7) is 2.39. The van der Waals surface area contributed by atoms with Crippen molar-refractivity contribution in [2.24, 2.45) is 11.7 Å². The van der Waals surface area contributed by atoms with Crippen molar-refractivity contribution in [2.45, 2.75) is 13.0 Å². The number of hydrogen-bond donors (Lipinski definition) is 3. The molecule has 0 bridgehead atoms. The molecule has 1 saturated heterocycles. The van der Waals surface area contributed by atoms with Crippen molar-refractivity contribution in [3.63, 3.8) is 0 Å². The highest BCUT2D eigenvalue weighted by atomic mass is 16.5. The van der Waals surface area contributed by atoms with E-state index in [2.05, 4.69) is 5.32 Å². The summed E-state index contributed by atoms with van der Waals surface area (Å²) < 4.78 is 5.14. The number of aryl methyl sites for hydroxylation is 1. The lowest BCUT2D eigenvalue weighted by Gasteiger charge is -2.14. The van der Waals surface area contributed by atoms with Gasteiger partial charge in [0.2, 0.25) is 5.91 Å². The molecule has 6 heteroatoms. The molecule has 0 aliphatic carbocycles. The van der Waals surface area contributed by atoms with Gasteiger partial charge in [-0.05, 0) is 30.7 Å². The predicted molar refractivity (Wildman–Crippen MR) is 69.1 cm³/mol. The van der Waals surface area contributed by atoms with Crippen LogP contribution in [0.2, 0.25) is 0 Å². The number of carboxylic acid groups (broad SMARTS) is 1. The Kier molecular flexibility index (Phi) is 3.82. The topological polar surface area (TPSA) is 102 Å². The van der Waals surface area contributed by atoms with Crippen LogP contribution in [0.5, 0.6) is 0 Å². The first-order valence-corrected chi connectivity index (χ1v) is 5.97. The number of carboxylic acids is 1. The van der Waals surface area contributed by atoms with E-state index in [0.29, 0.717) is 24.5 Å². The third kappa shape index (κ3) is 2.91. The van der Waals surface area contributed by atoms with Crippen molar-refractivity contribution in [3.05, 3.63) is 29.3 Å². The molecular weight excluding hydrogens is 248 g/mol. The Hall–Kier alpha value is -1.92. The number of carbonyl (C=O) groups excluding carboxylic acids is 1. The Morgan fingerprint density at radius 2 is 2.16 bits per heavy atom. The highest BCUT2D eigenvalue weighted by Gasteiger charge is 2.31. The second-order valence-corrected chi connectivity index (χ2v) is 4.63. The van der Waals surface area contributed by atoms with Crippen LogP contribution in [-0.2, 0) is 9.53 Å². The molecule has 1 aliphatic rings. The number of nitrogens with one attached hydrogen (secondary N) is 1. The molecule has 1 fully saturated rings. The van der Waals surface area contributed by atoms with Crippen molar-refractivity contribution in [1.82, 2.24) is 0 Å². The van der Waals surface area contributed by atoms with E-state index in [9.17, 15) is 9.59 Å². The summed E-state index contributed by atoms with van der Waals surface area (Å²) in [6.07, 6.45) is 0. The van der Waals surface area contributed by atoms with Crippen LogP contribution >= 0.6 is 0 Å². The lowest BCUT2D eigenvalue weighted by Crippen LogP contribution is -2.37. The molecule has 0 radical (unpaired) electrons. The number of nitrogens with two attached hydrogens (primary N) is 1. The minimum absolute atomic E-state index is 0.201. The Morgan fingerprint density at radius 1 is 1.42 bits per heavy atom. The molecule has 0 saturated carbocycles. The van der Waals surface area contributed by atoms with Crippen molar-refractivity contribution in [1.29, 1.82) is 0 Å². The zero-order chi connectivity index (χ0) is 14.0. The number of hydrogen-bond acceptors (Lipinski definition) is 4. The molecule has 1 heterocycles. The van der Waals surface area contributed by atoms with Gasteiger partial charge in [0, 0.05) is 11.7 Å². The molecule has 2 atom stereocenters. The predicted octanol–water partition coefficient (Wildman–Crippen LogP) is 0.605. The largest absolute Gasteiger partial charge is 0.478 e. The third-order valence-electron chi connectivity index (χ3n) is 3.19. The maximum Gasteiger partial charge on any atom is 0.335 e. The molecule has 1 aliphatic heterocycles. The van der Waals surface area contributed by atoms with E-state index in [1.165, 1.54) is 6.07 Å². The van der Waals surface area contributed by atoms with Gasteiger partial charge in [0.25, 0.3) is 0 Å². The fraction of sp³-hybridized carbons (Fsp3) is 0.385. The lowest BCUT2D eigenvalue weighted by atomic mass is 10.0. The summed E-state index contributed by atoms with van der Waals surface area (Å²) >= 11 is 0. The van der Waals surface area contributed by atoms with Gasteiger partial charge in [-0.25, -0.2) is 4.79 Å². The van der Waals surface area contributed by atoms with Crippen LogP contribution in [0, 0.1) is 12.8 Å². The second-order valence-electron chi connectivity index (χ2n) is 4.63. The van der Waals surface area contributed by atoms with Gasteiger partial charge in [-0.2, -0.15) is 0 Å².